The predicted molar refractivity (Wildman–Crippen MR) is 106 cm³/mol. The summed E-state index contributed by atoms with van der Waals surface area (Å²) in [5.41, 5.74) is 2.24. The van der Waals surface area contributed by atoms with Crippen LogP contribution in [0.25, 0.3) is 0 Å². The molecule has 2 aromatic rings. The number of rotatable bonds is 6. The SMILES string of the molecule is CC(c1ccc(S(C)(=O)=O)cc1)N(C)C(=O)NCC1(c2ccccc2)CC1. The van der Waals surface area contributed by atoms with Gasteiger partial charge in [0.15, 0.2) is 9.84 Å². The number of nitrogens with one attached hydrogen (secondary N) is 1. The van der Waals surface area contributed by atoms with Crippen LogP contribution in [0.4, 0.5) is 4.79 Å². The molecule has 1 saturated carbocycles. The van der Waals surface area contributed by atoms with Gasteiger partial charge in [-0.05, 0) is 43.0 Å². The Morgan fingerprint density at radius 1 is 1.11 bits per heavy atom. The molecule has 6 heteroatoms. The van der Waals surface area contributed by atoms with Crippen molar-refractivity contribution < 1.29 is 13.2 Å². The standard InChI is InChI=1S/C21H26N2O3S/c1-16(17-9-11-19(12-10-17)27(3,25)26)23(2)20(24)22-15-21(13-14-21)18-7-5-4-6-8-18/h4-12,16H,13-15H2,1-3H3,(H,22,24). The lowest BCUT2D eigenvalue weighted by Crippen LogP contribution is -2.42. The first kappa shape index (κ1) is 19.4. The largest absolute Gasteiger partial charge is 0.337 e. The van der Waals surface area contributed by atoms with Crippen molar-refractivity contribution in [3.63, 3.8) is 0 Å². The van der Waals surface area contributed by atoms with Crippen molar-refractivity contribution in [2.45, 2.75) is 36.1 Å². The number of urea groups is 1. The topological polar surface area (TPSA) is 66.5 Å². The van der Waals surface area contributed by atoms with E-state index in [1.807, 2.05) is 25.1 Å². The molecule has 0 heterocycles. The first-order chi connectivity index (χ1) is 12.7. The Morgan fingerprint density at radius 2 is 1.70 bits per heavy atom. The lowest BCUT2D eigenvalue weighted by molar-refractivity contribution is 0.193. The number of amides is 2. The summed E-state index contributed by atoms with van der Waals surface area (Å²) in [7, 11) is -1.46. The molecule has 5 nitrogen and oxygen atoms in total. The first-order valence-electron chi connectivity index (χ1n) is 9.09. The summed E-state index contributed by atoms with van der Waals surface area (Å²) < 4.78 is 23.2. The summed E-state index contributed by atoms with van der Waals surface area (Å²) in [4.78, 5) is 14.5. The molecule has 0 saturated heterocycles. The highest BCUT2D eigenvalue weighted by Crippen LogP contribution is 2.47. The van der Waals surface area contributed by atoms with Gasteiger partial charge in [-0.15, -0.1) is 0 Å². The zero-order chi connectivity index (χ0) is 19.7. The molecule has 144 valence electrons. The van der Waals surface area contributed by atoms with E-state index in [2.05, 4.69) is 17.4 Å². The molecule has 27 heavy (non-hydrogen) atoms. The fourth-order valence-corrected chi connectivity index (χ4v) is 3.90. The lowest BCUT2D eigenvalue weighted by Gasteiger charge is -2.27. The fourth-order valence-electron chi connectivity index (χ4n) is 3.27. The van der Waals surface area contributed by atoms with Crippen LogP contribution in [0.15, 0.2) is 59.5 Å². The molecule has 3 rings (SSSR count). The van der Waals surface area contributed by atoms with Gasteiger partial charge in [0.1, 0.15) is 0 Å². The average molecular weight is 387 g/mol. The first-order valence-corrected chi connectivity index (χ1v) is 11.0. The Kier molecular flexibility index (Phi) is 5.29. The van der Waals surface area contributed by atoms with Crippen molar-refractivity contribution >= 4 is 15.9 Å². The number of hydrogen-bond donors (Lipinski definition) is 1. The second-order valence-corrected chi connectivity index (χ2v) is 9.45. The zero-order valence-corrected chi connectivity index (χ0v) is 16.8. The van der Waals surface area contributed by atoms with E-state index in [9.17, 15) is 13.2 Å². The molecule has 1 unspecified atom stereocenters. The van der Waals surface area contributed by atoms with Crippen molar-refractivity contribution in [2.75, 3.05) is 19.8 Å². The molecule has 1 fully saturated rings. The van der Waals surface area contributed by atoms with Crippen LogP contribution >= 0.6 is 0 Å². The van der Waals surface area contributed by atoms with Gasteiger partial charge >= 0.3 is 6.03 Å². The molecule has 1 aliphatic rings. The highest BCUT2D eigenvalue weighted by Gasteiger charge is 2.44. The van der Waals surface area contributed by atoms with E-state index in [4.69, 9.17) is 0 Å². The van der Waals surface area contributed by atoms with Crippen LogP contribution in [-0.4, -0.2) is 39.2 Å². The van der Waals surface area contributed by atoms with Crippen LogP contribution in [0.5, 0.6) is 0 Å². The van der Waals surface area contributed by atoms with Gasteiger partial charge in [0.05, 0.1) is 10.9 Å². The molecule has 0 aliphatic heterocycles. The maximum Gasteiger partial charge on any atom is 0.317 e. The molecule has 1 N–H and O–H groups in total. The summed E-state index contributed by atoms with van der Waals surface area (Å²) in [5, 5.41) is 3.06. The Labute approximate surface area is 161 Å². The van der Waals surface area contributed by atoms with Crippen LogP contribution in [-0.2, 0) is 15.3 Å². The maximum absolute atomic E-state index is 12.6. The summed E-state index contributed by atoms with van der Waals surface area (Å²) in [6.07, 6.45) is 3.36. The number of nitrogens with zero attached hydrogens (tertiary/aromatic N) is 1. The van der Waals surface area contributed by atoms with Crippen molar-refractivity contribution in [1.29, 1.82) is 0 Å². The number of hydrogen-bond acceptors (Lipinski definition) is 3. The molecule has 0 bridgehead atoms. The minimum absolute atomic E-state index is 0.0676. The van der Waals surface area contributed by atoms with Gasteiger partial charge in [-0.25, -0.2) is 13.2 Å². The Hall–Kier alpha value is -2.34. The quantitative estimate of drug-likeness (QED) is 0.826. The lowest BCUT2D eigenvalue weighted by atomic mass is 9.96. The molecule has 0 radical (unpaired) electrons. The van der Waals surface area contributed by atoms with Gasteiger partial charge in [-0.3, -0.25) is 0 Å². The predicted octanol–water partition coefficient (Wildman–Crippen LogP) is 3.52. The van der Waals surface area contributed by atoms with E-state index in [-0.39, 0.29) is 22.4 Å². The van der Waals surface area contributed by atoms with E-state index >= 15 is 0 Å². The third-order valence-electron chi connectivity index (χ3n) is 5.51. The molecular formula is C21H26N2O3S. The number of carbonyl (C=O) groups excluding carboxylic acids is 1. The maximum atomic E-state index is 12.6. The van der Waals surface area contributed by atoms with E-state index in [1.54, 1.807) is 36.2 Å². The van der Waals surface area contributed by atoms with Gasteiger partial charge in [0, 0.05) is 25.3 Å². The summed E-state index contributed by atoms with van der Waals surface area (Å²) >= 11 is 0. The number of carbonyl (C=O) groups is 1. The van der Waals surface area contributed by atoms with Crippen LogP contribution in [0.3, 0.4) is 0 Å². The Balaban J connectivity index is 1.62. The summed E-state index contributed by atoms with van der Waals surface area (Å²) in [6, 6.07) is 16.7. The van der Waals surface area contributed by atoms with Gasteiger partial charge in [0.25, 0.3) is 0 Å². The van der Waals surface area contributed by atoms with Crippen LogP contribution in [0.2, 0.25) is 0 Å². The third-order valence-corrected chi connectivity index (χ3v) is 6.64. The van der Waals surface area contributed by atoms with Gasteiger partial charge in [-0.2, -0.15) is 0 Å². The van der Waals surface area contributed by atoms with Crippen LogP contribution in [0.1, 0.15) is 36.9 Å². The Bertz CT molecular complexity index is 904. The average Bonchev–Trinajstić information content (AvgIpc) is 3.46. The fraction of sp³-hybridized carbons (Fsp3) is 0.381. The molecule has 1 aliphatic carbocycles. The van der Waals surface area contributed by atoms with Crippen molar-refractivity contribution in [3.8, 4) is 0 Å². The van der Waals surface area contributed by atoms with Gasteiger partial charge in [0.2, 0.25) is 0 Å². The smallest absolute Gasteiger partial charge is 0.317 e. The molecule has 1 atom stereocenters. The summed E-state index contributed by atoms with van der Waals surface area (Å²) in [5.74, 6) is 0. The zero-order valence-electron chi connectivity index (χ0n) is 16.0. The van der Waals surface area contributed by atoms with Gasteiger partial charge < -0.3 is 10.2 Å². The van der Waals surface area contributed by atoms with Crippen LogP contribution in [0, 0.1) is 0 Å². The highest BCUT2D eigenvalue weighted by molar-refractivity contribution is 7.90. The van der Waals surface area contributed by atoms with Crippen LogP contribution < -0.4 is 5.32 Å². The highest BCUT2D eigenvalue weighted by atomic mass is 32.2. The number of benzene rings is 2. The third kappa shape index (κ3) is 4.33. The molecule has 2 aromatic carbocycles. The molecular weight excluding hydrogens is 360 g/mol. The van der Waals surface area contributed by atoms with E-state index in [1.165, 1.54) is 11.8 Å². The van der Waals surface area contributed by atoms with E-state index in [0.717, 1.165) is 18.4 Å². The molecule has 0 spiro atoms. The van der Waals surface area contributed by atoms with Crippen molar-refractivity contribution in [2.24, 2.45) is 0 Å². The van der Waals surface area contributed by atoms with E-state index < -0.39 is 9.84 Å². The minimum atomic E-state index is -3.22. The van der Waals surface area contributed by atoms with Crippen molar-refractivity contribution in [1.82, 2.24) is 10.2 Å². The van der Waals surface area contributed by atoms with Gasteiger partial charge in [-0.1, -0.05) is 42.5 Å². The minimum Gasteiger partial charge on any atom is -0.337 e. The van der Waals surface area contributed by atoms with Crippen molar-refractivity contribution in [3.05, 3.63) is 65.7 Å². The molecule has 0 aromatic heterocycles. The number of sulfone groups is 1. The summed E-state index contributed by atoms with van der Waals surface area (Å²) in [6.45, 7) is 2.55. The Morgan fingerprint density at radius 3 is 2.22 bits per heavy atom. The van der Waals surface area contributed by atoms with E-state index in [0.29, 0.717) is 6.54 Å². The second kappa shape index (κ2) is 7.35. The normalized spacial score (nSPS) is 16.4. The monoisotopic (exact) mass is 386 g/mol. The molecule has 2 amide bonds. The second-order valence-electron chi connectivity index (χ2n) is 7.43.